The van der Waals surface area contributed by atoms with Gasteiger partial charge >= 0.3 is 0 Å². The van der Waals surface area contributed by atoms with Gasteiger partial charge in [0.05, 0.1) is 6.61 Å². The van der Waals surface area contributed by atoms with Crippen LogP contribution in [0.25, 0.3) is 0 Å². The summed E-state index contributed by atoms with van der Waals surface area (Å²) in [7, 11) is 0. The highest BCUT2D eigenvalue weighted by Crippen LogP contribution is 2.14. The van der Waals surface area contributed by atoms with Crippen molar-refractivity contribution in [2.45, 2.75) is 25.9 Å². The molecule has 4 nitrogen and oxygen atoms in total. The van der Waals surface area contributed by atoms with Gasteiger partial charge in [-0.05, 0) is 18.4 Å². The molecule has 0 bridgehead atoms. The van der Waals surface area contributed by atoms with Gasteiger partial charge in [0.1, 0.15) is 6.10 Å². The van der Waals surface area contributed by atoms with Crippen LogP contribution in [0.1, 0.15) is 24.0 Å². The molecular weight excluding hydrogens is 240 g/mol. The lowest BCUT2D eigenvalue weighted by Crippen LogP contribution is -2.48. The van der Waals surface area contributed by atoms with Gasteiger partial charge in [0.2, 0.25) is 5.91 Å². The summed E-state index contributed by atoms with van der Waals surface area (Å²) in [6.07, 6.45) is -0.348. The SMILES string of the molecule is Cc1ccc(C(C)CNC(=O)C2CNCCO2)cc1. The maximum absolute atomic E-state index is 11.9. The fraction of sp³-hybridized carbons (Fsp3) is 0.533. The molecule has 1 fully saturated rings. The maximum Gasteiger partial charge on any atom is 0.250 e. The summed E-state index contributed by atoms with van der Waals surface area (Å²) >= 11 is 0. The van der Waals surface area contributed by atoms with Crippen LogP contribution in [-0.4, -0.2) is 38.3 Å². The third kappa shape index (κ3) is 4.04. The number of aryl methyl sites for hydroxylation is 1. The average Bonchev–Trinajstić information content (AvgIpc) is 2.46. The van der Waals surface area contributed by atoms with Gasteiger partial charge in [-0.3, -0.25) is 4.79 Å². The normalized spacial score (nSPS) is 20.8. The molecule has 0 aliphatic carbocycles. The first-order chi connectivity index (χ1) is 9.16. The van der Waals surface area contributed by atoms with Crippen LogP contribution in [0.4, 0.5) is 0 Å². The minimum atomic E-state index is -0.348. The number of rotatable bonds is 4. The molecule has 0 aromatic heterocycles. The molecule has 1 amide bonds. The van der Waals surface area contributed by atoms with Gasteiger partial charge in [-0.1, -0.05) is 36.8 Å². The van der Waals surface area contributed by atoms with E-state index in [0.717, 1.165) is 6.54 Å². The van der Waals surface area contributed by atoms with Crippen molar-refractivity contribution in [3.8, 4) is 0 Å². The summed E-state index contributed by atoms with van der Waals surface area (Å²) in [6.45, 7) is 6.86. The number of carbonyl (C=O) groups is 1. The highest BCUT2D eigenvalue weighted by molar-refractivity contribution is 5.81. The number of amides is 1. The molecule has 0 saturated carbocycles. The molecule has 1 heterocycles. The lowest BCUT2D eigenvalue weighted by molar-refractivity contribution is -0.134. The van der Waals surface area contributed by atoms with Gasteiger partial charge in [-0.2, -0.15) is 0 Å². The Morgan fingerprint density at radius 2 is 2.21 bits per heavy atom. The molecule has 1 aliphatic rings. The Morgan fingerprint density at radius 1 is 1.47 bits per heavy atom. The lowest BCUT2D eigenvalue weighted by atomic mass is 10.00. The predicted octanol–water partition coefficient (Wildman–Crippen LogP) is 1.20. The number of carbonyl (C=O) groups excluding carboxylic acids is 1. The van der Waals surface area contributed by atoms with E-state index < -0.39 is 0 Å². The summed E-state index contributed by atoms with van der Waals surface area (Å²) in [4.78, 5) is 11.9. The van der Waals surface area contributed by atoms with E-state index in [4.69, 9.17) is 4.74 Å². The monoisotopic (exact) mass is 262 g/mol. The van der Waals surface area contributed by atoms with Crippen molar-refractivity contribution in [1.29, 1.82) is 0 Å². The summed E-state index contributed by atoms with van der Waals surface area (Å²) < 4.78 is 5.42. The first-order valence-corrected chi connectivity index (χ1v) is 6.83. The highest BCUT2D eigenvalue weighted by atomic mass is 16.5. The van der Waals surface area contributed by atoms with Crippen molar-refractivity contribution in [3.63, 3.8) is 0 Å². The van der Waals surface area contributed by atoms with Crippen molar-refractivity contribution in [2.75, 3.05) is 26.2 Å². The first-order valence-electron chi connectivity index (χ1n) is 6.83. The molecule has 2 N–H and O–H groups in total. The van der Waals surface area contributed by atoms with Crippen LogP contribution in [-0.2, 0) is 9.53 Å². The molecule has 104 valence electrons. The van der Waals surface area contributed by atoms with Crippen LogP contribution in [0.2, 0.25) is 0 Å². The van der Waals surface area contributed by atoms with Gasteiger partial charge in [0.25, 0.3) is 0 Å². The van der Waals surface area contributed by atoms with Crippen molar-refractivity contribution in [2.24, 2.45) is 0 Å². The van der Waals surface area contributed by atoms with E-state index in [-0.39, 0.29) is 12.0 Å². The van der Waals surface area contributed by atoms with Gasteiger partial charge in [-0.25, -0.2) is 0 Å². The Morgan fingerprint density at radius 3 is 2.84 bits per heavy atom. The number of nitrogens with one attached hydrogen (secondary N) is 2. The number of morpholine rings is 1. The van der Waals surface area contributed by atoms with Crippen molar-refractivity contribution < 1.29 is 9.53 Å². The van der Waals surface area contributed by atoms with Crippen molar-refractivity contribution in [3.05, 3.63) is 35.4 Å². The second kappa shape index (κ2) is 6.68. The molecule has 2 atom stereocenters. The smallest absolute Gasteiger partial charge is 0.250 e. The molecular formula is C15H22N2O2. The molecule has 1 aromatic rings. The fourth-order valence-electron chi connectivity index (χ4n) is 2.11. The van der Waals surface area contributed by atoms with E-state index in [1.165, 1.54) is 11.1 Å². The Kier molecular flexibility index (Phi) is 4.93. The Bertz CT molecular complexity index is 411. The second-order valence-corrected chi connectivity index (χ2v) is 5.12. The molecule has 1 aliphatic heterocycles. The van der Waals surface area contributed by atoms with Gasteiger partial charge in [-0.15, -0.1) is 0 Å². The average molecular weight is 262 g/mol. The zero-order valence-electron chi connectivity index (χ0n) is 11.6. The van der Waals surface area contributed by atoms with Crippen molar-refractivity contribution >= 4 is 5.91 Å². The second-order valence-electron chi connectivity index (χ2n) is 5.12. The fourth-order valence-corrected chi connectivity index (χ4v) is 2.11. The van der Waals surface area contributed by atoms with Crippen LogP contribution in [0.5, 0.6) is 0 Å². The third-order valence-electron chi connectivity index (χ3n) is 3.45. The Balaban J connectivity index is 1.80. The van der Waals surface area contributed by atoms with Gasteiger partial charge < -0.3 is 15.4 Å². The minimum absolute atomic E-state index is 0.0221. The van der Waals surface area contributed by atoms with Crippen LogP contribution < -0.4 is 10.6 Å². The van der Waals surface area contributed by atoms with E-state index in [0.29, 0.717) is 25.6 Å². The number of hydrogen-bond acceptors (Lipinski definition) is 3. The summed E-state index contributed by atoms with van der Waals surface area (Å²) in [5.41, 5.74) is 2.50. The zero-order chi connectivity index (χ0) is 13.7. The third-order valence-corrected chi connectivity index (χ3v) is 3.45. The van der Waals surface area contributed by atoms with Crippen LogP contribution in [0.15, 0.2) is 24.3 Å². The number of hydrogen-bond donors (Lipinski definition) is 2. The maximum atomic E-state index is 11.9. The van der Waals surface area contributed by atoms with Crippen LogP contribution in [0.3, 0.4) is 0 Å². The molecule has 0 radical (unpaired) electrons. The summed E-state index contributed by atoms with van der Waals surface area (Å²) in [6, 6.07) is 8.43. The summed E-state index contributed by atoms with van der Waals surface area (Å²) in [5, 5.41) is 6.12. The van der Waals surface area contributed by atoms with E-state index in [2.05, 4.69) is 48.7 Å². The van der Waals surface area contributed by atoms with Crippen LogP contribution >= 0.6 is 0 Å². The predicted molar refractivity (Wildman–Crippen MR) is 75.2 cm³/mol. The zero-order valence-corrected chi connectivity index (χ0v) is 11.6. The van der Waals surface area contributed by atoms with E-state index in [9.17, 15) is 4.79 Å². The molecule has 0 spiro atoms. The number of ether oxygens (including phenoxy) is 1. The Hall–Kier alpha value is -1.39. The largest absolute Gasteiger partial charge is 0.366 e. The molecule has 2 unspecified atom stereocenters. The van der Waals surface area contributed by atoms with Crippen molar-refractivity contribution in [1.82, 2.24) is 10.6 Å². The Labute approximate surface area is 114 Å². The lowest BCUT2D eigenvalue weighted by Gasteiger charge is -2.23. The topological polar surface area (TPSA) is 50.4 Å². The van der Waals surface area contributed by atoms with Gasteiger partial charge in [0, 0.05) is 19.6 Å². The van der Waals surface area contributed by atoms with E-state index in [1.807, 2.05) is 0 Å². The minimum Gasteiger partial charge on any atom is -0.366 e. The van der Waals surface area contributed by atoms with E-state index >= 15 is 0 Å². The molecule has 2 rings (SSSR count). The van der Waals surface area contributed by atoms with E-state index in [1.54, 1.807) is 0 Å². The van der Waals surface area contributed by atoms with Gasteiger partial charge in [0.15, 0.2) is 0 Å². The van der Waals surface area contributed by atoms with Crippen LogP contribution in [0, 0.1) is 6.92 Å². The first kappa shape index (κ1) is 14.0. The molecule has 1 saturated heterocycles. The molecule has 19 heavy (non-hydrogen) atoms. The molecule has 1 aromatic carbocycles. The standard InChI is InChI=1S/C15H22N2O2/c1-11-3-5-13(6-4-11)12(2)9-17-15(18)14-10-16-7-8-19-14/h3-6,12,14,16H,7-10H2,1-2H3,(H,17,18). The number of benzene rings is 1. The summed E-state index contributed by atoms with van der Waals surface area (Å²) in [5.74, 6) is 0.285. The highest BCUT2D eigenvalue weighted by Gasteiger charge is 2.21. The quantitative estimate of drug-likeness (QED) is 0.857. The molecule has 4 heteroatoms.